The van der Waals surface area contributed by atoms with E-state index in [0.717, 1.165) is 50.4 Å². The first-order valence-electron chi connectivity index (χ1n) is 10.3. The van der Waals surface area contributed by atoms with Crippen molar-refractivity contribution in [2.45, 2.75) is 17.7 Å². The van der Waals surface area contributed by atoms with E-state index in [1.54, 1.807) is 18.2 Å². The number of benzene rings is 2. The first-order chi connectivity index (χ1) is 14.5. The van der Waals surface area contributed by atoms with Gasteiger partial charge in [-0.1, -0.05) is 18.2 Å². The van der Waals surface area contributed by atoms with Crippen molar-refractivity contribution >= 4 is 27.6 Å². The molecule has 4 rings (SSSR count). The quantitative estimate of drug-likeness (QED) is 0.524. The molecule has 2 aliphatic heterocycles. The summed E-state index contributed by atoms with van der Waals surface area (Å²) >= 11 is 0. The van der Waals surface area contributed by atoms with Crippen LogP contribution < -0.4 is 4.90 Å². The van der Waals surface area contributed by atoms with E-state index in [4.69, 9.17) is 4.74 Å². The molecule has 2 aromatic carbocycles. The van der Waals surface area contributed by atoms with E-state index >= 15 is 0 Å². The normalized spacial score (nSPS) is 18.2. The topological polar surface area (TPSA) is 66.9 Å². The third-order valence-corrected chi connectivity index (χ3v) is 7.45. The highest BCUT2D eigenvalue weighted by atomic mass is 32.2. The Bertz CT molecular complexity index is 1000. The lowest BCUT2D eigenvalue weighted by Gasteiger charge is -2.28. The van der Waals surface area contributed by atoms with Crippen LogP contribution in [0.25, 0.3) is 6.08 Å². The van der Waals surface area contributed by atoms with Gasteiger partial charge >= 0.3 is 0 Å². The number of nitrogens with zero attached hydrogens (tertiary/aromatic N) is 2. The van der Waals surface area contributed by atoms with Crippen molar-refractivity contribution in [1.82, 2.24) is 4.31 Å². The number of anilines is 1. The van der Waals surface area contributed by atoms with Gasteiger partial charge in [-0.25, -0.2) is 8.42 Å². The molecule has 0 amide bonds. The first kappa shape index (κ1) is 20.8. The summed E-state index contributed by atoms with van der Waals surface area (Å²) in [6, 6.07) is 14.3. The number of ether oxygens (including phenoxy) is 1. The van der Waals surface area contributed by atoms with E-state index in [1.807, 2.05) is 24.3 Å². The molecular formula is C23H26N2O4S. The van der Waals surface area contributed by atoms with Gasteiger partial charge < -0.3 is 9.64 Å². The Morgan fingerprint density at radius 1 is 0.867 bits per heavy atom. The lowest BCUT2D eigenvalue weighted by Crippen LogP contribution is -2.36. The zero-order valence-corrected chi connectivity index (χ0v) is 17.7. The summed E-state index contributed by atoms with van der Waals surface area (Å²) in [5.41, 5.74) is 2.56. The molecule has 2 aliphatic rings. The first-order valence-corrected chi connectivity index (χ1v) is 11.7. The fraction of sp³-hybridized carbons (Fsp3) is 0.348. The smallest absolute Gasteiger partial charge is 0.243 e. The molecule has 30 heavy (non-hydrogen) atoms. The number of hydrogen-bond acceptors (Lipinski definition) is 5. The Morgan fingerprint density at radius 2 is 1.50 bits per heavy atom. The molecule has 0 unspecified atom stereocenters. The van der Waals surface area contributed by atoms with Crippen molar-refractivity contribution in [2.24, 2.45) is 0 Å². The number of hydrogen-bond donors (Lipinski definition) is 0. The van der Waals surface area contributed by atoms with Gasteiger partial charge in [0.15, 0.2) is 5.78 Å². The lowest BCUT2D eigenvalue weighted by atomic mass is 10.1. The van der Waals surface area contributed by atoms with Crippen molar-refractivity contribution in [1.29, 1.82) is 0 Å². The molecule has 0 aromatic heterocycles. The molecule has 7 heteroatoms. The largest absolute Gasteiger partial charge is 0.378 e. The SMILES string of the molecule is O=C(C=Cc1ccc(N2CCOCC2)cc1)c1ccc(S(=O)(=O)N2CCCC2)cc1. The van der Waals surface area contributed by atoms with Gasteiger partial charge in [0, 0.05) is 37.4 Å². The minimum absolute atomic E-state index is 0.155. The highest BCUT2D eigenvalue weighted by molar-refractivity contribution is 7.89. The van der Waals surface area contributed by atoms with Crippen LogP contribution in [-0.2, 0) is 14.8 Å². The van der Waals surface area contributed by atoms with E-state index in [0.29, 0.717) is 18.7 Å². The van der Waals surface area contributed by atoms with Gasteiger partial charge in [-0.15, -0.1) is 0 Å². The number of allylic oxidation sites excluding steroid dienone is 1. The molecule has 2 aromatic rings. The third-order valence-electron chi connectivity index (χ3n) is 5.54. The summed E-state index contributed by atoms with van der Waals surface area (Å²) in [6.07, 6.45) is 5.09. The van der Waals surface area contributed by atoms with E-state index < -0.39 is 10.0 Å². The molecule has 6 nitrogen and oxygen atoms in total. The molecular weight excluding hydrogens is 400 g/mol. The molecule has 0 atom stereocenters. The van der Waals surface area contributed by atoms with Gasteiger partial charge in [0.25, 0.3) is 0 Å². The highest BCUT2D eigenvalue weighted by Gasteiger charge is 2.27. The van der Waals surface area contributed by atoms with Crippen molar-refractivity contribution in [3.8, 4) is 0 Å². The molecule has 0 aliphatic carbocycles. The fourth-order valence-corrected chi connectivity index (χ4v) is 5.27. The average Bonchev–Trinajstić information content (AvgIpc) is 3.34. The Hall–Kier alpha value is -2.48. The van der Waals surface area contributed by atoms with E-state index in [1.165, 1.54) is 22.5 Å². The van der Waals surface area contributed by atoms with Crippen LogP contribution in [0.4, 0.5) is 5.69 Å². The number of rotatable bonds is 6. The summed E-state index contributed by atoms with van der Waals surface area (Å²) < 4.78 is 32.1. The Morgan fingerprint density at radius 3 is 2.13 bits per heavy atom. The lowest BCUT2D eigenvalue weighted by molar-refractivity contribution is 0.104. The fourth-order valence-electron chi connectivity index (χ4n) is 3.75. The van der Waals surface area contributed by atoms with E-state index in [9.17, 15) is 13.2 Å². The van der Waals surface area contributed by atoms with Crippen LogP contribution in [0.5, 0.6) is 0 Å². The number of carbonyl (C=O) groups is 1. The van der Waals surface area contributed by atoms with Crippen LogP contribution >= 0.6 is 0 Å². The van der Waals surface area contributed by atoms with Crippen LogP contribution in [-0.4, -0.2) is 57.9 Å². The van der Waals surface area contributed by atoms with Gasteiger partial charge in [-0.05, 0) is 60.9 Å². The van der Waals surface area contributed by atoms with Gasteiger partial charge in [0.2, 0.25) is 10.0 Å². The third kappa shape index (κ3) is 4.64. The van der Waals surface area contributed by atoms with Crippen LogP contribution in [0.2, 0.25) is 0 Å². The van der Waals surface area contributed by atoms with Gasteiger partial charge in [-0.2, -0.15) is 4.31 Å². The van der Waals surface area contributed by atoms with Crippen LogP contribution in [0.3, 0.4) is 0 Å². The molecule has 2 heterocycles. The molecule has 0 bridgehead atoms. The van der Waals surface area contributed by atoms with Crippen LogP contribution in [0, 0.1) is 0 Å². The monoisotopic (exact) mass is 426 g/mol. The summed E-state index contributed by atoms with van der Waals surface area (Å²) in [5.74, 6) is -0.155. The zero-order valence-electron chi connectivity index (χ0n) is 16.9. The molecule has 0 N–H and O–H groups in total. The second-order valence-electron chi connectivity index (χ2n) is 7.52. The molecule has 2 saturated heterocycles. The van der Waals surface area contributed by atoms with E-state index in [2.05, 4.69) is 4.90 Å². The molecule has 2 fully saturated rings. The minimum Gasteiger partial charge on any atom is -0.378 e. The molecule has 158 valence electrons. The molecule has 0 radical (unpaired) electrons. The maximum Gasteiger partial charge on any atom is 0.243 e. The molecule has 0 spiro atoms. The van der Waals surface area contributed by atoms with Gasteiger partial charge in [0.05, 0.1) is 18.1 Å². The van der Waals surface area contributed by atoms with Crippen LogP contribution in [0.15, 0.2) is 59.5 Å². The number of carbonyl (C=O) groups excluding carboxylic acids is 1. The van der Waals surface area contributed by atoms with Crippen molar-refractivity contribution in [3.63, 3.8) is 0 Å². The Kier molecular flexibility index (Phi) is 6.32. The standard InChI is InChI=1S/C23H26N2O4S/c26-23(12-5-19-3-8-21(9-4-19)24-15-17-29-18-16-24)20-6-10-22(11-7-20)30(27,28)25-13-1-2-14-25/h3-12H,1-2,13-18H2. The molecule has 0 saturated carbocycles. The maximum atomic E-state index is 12.6. The summed E-state index contributed by atoms with van der Waals surface area (Å²) in [4.78, 5) is 15.0. The summed E-state index contributed by atoms with van der Waals surface area (Å²) in [5, 5.41) is 0. The summed E-state index contributed by atoms with van der Waals surface area (Å²) in [7, 11) is -3.46. The second kappa shape index (κ2) is 9.12. The number of sulfonamides is 1. The number of morpholine rings is 1. The van der Waals surface area contributed by atoms with Crippen molar-refractivity contribution < 1.29 is 17.9 Å². The second-order valence-corrected chi connectivity index (χ2v) is 9.46. The van der Waals surface area contributed by atoms with Gasteiger partial charge in [-0.3, -0.25) is 4.79 Å². The summed E-state index contributed by atoms with van der Waals surface area (Å²) in [6.45, 7) is 4.39. The Labute approximate surface area is 177 Å². The number of ketones is 1. The average molecular weight is 427 g/mol. The predicted octanol–water partition coefficient (Wildman–Crippen LogP) is 3.20. The van der Waals surface area contributed by atoms with Gasteiger partial charge in [0.1, 0.15) is 0 Å². The van der Waals surface area contributed by atoms with E-state index in [-0.39, 0.29) is 10.7 Å². The zero-order chi connectivity index (χ0) is 21.0. The van der Waals surface area contributed by atoms with Crippen LogP contribution in [0.1, 0.15) is 28.8 Å². The highest BCUT2D eigenvalue weighted by Crippen LogP contribution is 2.22. The maximum absolute atomic E-state index is 12.6. The Balaban J connectivity index is 1.40. The minimum atomic E-state index is -3.46. The van der Waals surface area contributed by atoms with Crippen molar-refractivity contribution in [3.05, 3.63) is 65.7 Å². The predicted molar refractivity (Wildman–Crippen MR) is 117 cm³/mol. The van der Waals surface area contributed by atoms with Crippen molar-refractivity contribution in [2.75, 3.05) is 44.3 Å².